The van der Waals surface area contributed by atoms with Crippen LogP contribution in [0.2, 0.25) is 0 Å². The van der Waals surface area contributed by atoms with E-state index in [-0.39, 0.29) is 6.09 Å². The molecular weight excluding hydrogens is 330 g/mol. The van der Waals surface area contributed by atoms with Gasteiger partial charge in [0.15, 0.2) is 5.82 Å². The molecule has 26 heavy (non-hydrogen) atoms. The summed E-state index contributed by atoms with van der Waals surface area (Å²) in [4.78, 5) is 19.1. The Labute approximate surface area is 154 Å². The van der Waals surface area contributed by atoms with Gasteiger partial charge in [-0.1, -0.05) is 6.07 Å². The normalized spacial score (nSPS) is 16.8. The van der Waals surface area contributed by atoms with E-state index in [1.165, 1.54) is 0 Å². The minimum Gasteiger partial charge on any atom is -0.444 e. The molecule has 0 radical (unpaired) electrons. The second-order valence-electron chi connectivity index (χ2n) is 8.38. The highest BCUT2D eigenvalue weighted by molar-refractivity contribution is 5.69. The van der Waals surface area contributed by atoms with E-state index < -0.39 is 11.1 Å². The largest absolute Gasteiger partial charge is 0.444 e. The molecule has 1 amide bonds. The average Bonchev–Trinajstić information content (AvgIpc) is 2.81. The van der Waals surface area contributed by atoms with Crippen LogP contribution in [0.1, 0.15) is 46.1 Å². The topological polar surface area (TPSA) is 73.1 Å². The molecule has 2 aromatic rings. The average molecular weight is 357 g/mol. The van der Waals surface area contributed by atoms with E-state index >= 15 is 0 Å². The molecule has 0 aliphatic carbocycles. The summed E-state index contributed by atoms with van der Waals surface area (Å²) in [7, 11) is 0. The van der Waals surface area contributed by atoms with Gasteiger partial charge >= 0.3 is 6.09 Å². The number of amides is 1. The first kappa shape index (κ1) is 18.4. The van der Waals surface area contributed by atoms with Crippen LogP contribution in [0.25, 0.3) is 11.5 Å². The highest BCUT2D eigenvalue weighted by Gasteiger charge is 2.38. The van der Waals surface area contributed by atoms with Crippen LogP contribution in [0, 0.1) is 6.92 Å². The van der Waals surface area contributed by atoms with Gasteiger partial charge in [0, 0.05) is 30.7 Å². The number of ether oxygens (including phenoxy) is 1. The summed E-state index contributed by atoms with van der Waals surface area (Å²) in [5.41, 5.74) is 0.795. The molecular formula is C19H27N5O2. The van der Waals surface area contributed by atoms with E-state index in [0.717, 1.165) is 23.0 Å². The van der Waals surface area contributed by atoms with Gasteiger partial charge < -0.3 is 14.2 Å². The van der Waals surface area contributed by atoms with E-state index in [1.54, 1.807) is 4.90 Å². The van der Waals surface area contributed by atoms with Crippen molar-refractivity contribution in [3.8, 4) is 11.5 Å². The molecule has 3 heterocycles. The van der Waals surface area contributed by atoms with Crippen molar-refractivity contribution in [2.24, 2.45) is 0 Å². The molecule has 0 bridgehead atoms. The van der Waals surface area contributed by atoms with Crippen LogP contribution >= 0.6 is 0 Å². The third-order valence-electron chi connectivity index (χ3n) is 4.43. The van der Waals surface area contributed by atoms with E-state index in [0.29, 0.717) is 19.5 Å². The summed E-state index contributed by atoms with van der Waals surface area (Å²) in [5.74, 6) is 1.60. The molecule has 0 aromatic carbocycles. The minimum atomic E-state index is -0.523. The summed E-state index contributed by atoms with van der Waals surface area (Å²) in [6.07, 6.45) is 0.307. The third kappa shape index (κ3) is 3.71. The standard InChI is InChI=1S/C19H27N5O2/c1-13-8-7-9-14(20-13)16-22-21-15-12-19(5,6)24(11-10-23(15)16)17(25)26-18(2,3)4/h7-9H,10-12H2,1-6H3. The number of fused-ring (bicyclic) bond motifs is 1. The van der Waals surface area contributed by atoms with E-state index in [9.17, 15) is 4.79 Å². The number of carbonyl (C=O) groups excluding carboxylic acids is 1. The van der Waals surface area contributed by atoms with Gasteiger partial charge in [-0.05, 0) is 53.7 Å². The molecule has 140 valence electrons. The van der Waals surface area contributed by atoms with Gasteiger partial charge in [0.25, 0.3) is 0 Å². The summed E-state index contributed by atoms with van der Waals surface area (Å²) < 4.78 is 7.67. The molecule has 2 aromatic heterocycles. The van der Waals surface area contributed by atoms with Crippen molar-refractivity contribution in [3.63, 3.8) is 0 Å². The fourth-order valence-electron chi connectivity index (χ4n) is 3.20. The summed E-state index contributed by atoms with van der Waals surface area (Å²) in [6, 6.07) is 5.86. The number of carbonyl (C=O) groups is 1. The van der Waals surface area contributed by atoms with E-state index in [4.69, 9.17) is 4.74 Å². The predicted molar refractivity (Wildman–Crippen MR) is 98.7 cm³/mol. The molecule has 0 N–H and O–H groups in total. The second kappa shape index (κ2) is 6.37. The lowest BCUT2D eigenvalue weighted by Gasteiger charge is -2.37. The summed E-state index contributed by atoms with van der Waals surface area (Å²) in [6.45, 7) is 12.8. The fourth-order valence-corrected chi connectivity index (χ4v) is 3.20. The zero-order chi connectivity index (χ0) is 19.1. The lowest BCUT2D eigenvalue weighted by atomic mass is 9.98. The van der Waals surface area contributed by atoms with Crippen LogP contribution in [0.4, 0.5) is 4.79 Å². The van der Waals surface area contributed by atoms with Crippen LogP contribution in [-0.4, -0.2) is 48.4 Å². The van der Waals surface area contributed by atoms with E-state index in [2.05, 4.69) is 19.7 Å². The Morgan fingerprint density at radius 2 is 1.92 bits per heavy atom. The van der Waals surface area contributed by atoms with Crippen molar-refractivity contribution in [2.75, 3.05) is 6.54 Å². The molecule has 1 aliphatic rings. The number of aryl methyl sites for hydroxylation is 1. The van der Waals surface area contributed by atoms with Crippen LogP contribution in [-0.2, 0) is 17.7 Å². The molecule has 0 atom stereocenters. The Kier molecular flexibility index (Phi) is 4.50. The number of pyridine rings is 1. The first-order chi connectivity index (χ1) is 12.1. The first-order valence-electron chi connectivity index (χ1n) is 8.93. The van der Waals surface area contributed by atoms with Crippen LogP contribution < -0.4 is 0 Å². The van der Waals surface area contributed by atoms with Crippen molar-refractivity contribution in [2.45, 2.75) is 65.6 Å². The van der Waals surface area contributed by atoms with Crippen molar-refractivity contribution in [3.05, 3.63) is 29.7 Å². The lowest BCUT2D eigenvalue weighted by Crippen LogP contribution is -2.50. The maximum absolute atomic E-state index is 12.7. The maximum Gasteiger partial charge on any atom is 0.410 e. The summed E-state index contributed by atoms with van der Waals surface area (Å²) >= 11 is 0. The van der Waals surface area contributed by atoms with Crippen LogP contribution in [0.3, 0.4) is 0 Å². The first-order valence-corrected chi connectivity index (χ1v) is 8.93. The van der Waals surface area contributed by atoms with Gasteiger partial charge in [0.2, 0.25) is 0 Å². The zero-order valence-corrected chi connectivity index (χ0v) is 16.4. The third-order valence-corrected chi connectivity index (χ3v) is 4.43. The highest BCUT2D eigenvalue weighted by atomic mass is 16.6. The fraction of sp³-hybridized carbons (Fsp3) is 0.579. The van der Waals surface area contributed by atoms with Gasteiger partial charge in [-0.25, -0.2) is 9.78 Å². The molecule has 0 saturated heterocycles. The number of hydrogen-bond acceptors (Lipinski definition) is 5. The van der Waals surface area contributed by atoms with Crippen LogP contribution in [0.15, 0.2) is 18.2 Å². The Hall–Kier alpha value is -2.44. The zero-order valence-electron chi connectivity index (χ0n) is 16.4. The minimum absolute atomic E-state index is 0.295. The summed E-state index contributed by atoms with van der Waals surface area (Å²) in [5, 5.41) is 8.74. The lowest BCUT2D eigenvalue weighted by molar-refractivity contribution is 0.00409. The molecule has 3 rings (SSSR count). The Morgan fingerprint density at radius 1 is 1.19 bits per heavy atom. The van der Waals surface area contributed by atoms with Crippen LogP contribution in [0.5, 0.6) is 0 Å². The molecule has 1 aliphatic heterocycles. The monoisotopic (exact) mass is 357 g/mol. The Balaban J connectivity index is 1.91. The van der Waals surface area contributed by atoms with Crippen molar-refractivity contribution in [1.29, 1.82) is 0 Å². The molecule has 0 saturated carbocycles. The Bertz CT molecular complexity index is 820. The molecule has 7 nitrogen and oxygen atoms in total. The quantitative estimate of drug-likeness (QED) is 0.783. The number of aromatic nitrogens is 4. The number of rotatable bonds is 1. The SMILES string of the molecule is Cc1cccc(-c2nnc3n2CCN(C(=O)OC(C)(C)C)C(C)(C)C3)n1. The maximum atomic E-state index is 12.7. The number of nitrogens with zero attached hydrogens (tertiary/aromatic N) is 5. The molecule has 0 spiro atoms. The molecule has 0 fully saturated rings. The van der Waals surface area contributed by atoms with Gasteiger partial charge in [0.05, 0.1) is 0 Å². The van der Waals surface area contributed by atoms with Crippen molar-refractivity contribution in [1.82, 2.24) is 24.6 Å². The highest BCUT2D eigenvalue weighted by Crippen LogP contribution is 2.28. The van der Waals surface area contributed by atoms with Gasteiger partial charge in [-0.2, -0.15) is 0 Å². The van der Waals surface area contributed by atoms with Crippen molar-refractivity contribution < 1.29 is 9.53 Å². The molecule has 7 heteroatoms. The smallest absolute Gasteiger partial charge is 0.410 e. The van der Waals surface area contributed by atoms with E-state index in [1.807, 2.05) is 59.7 Å². The van der Waals surface area contributed by atoms with Gasteiger partial charge in [0.1, 0.15) is 17.1 Å². The van der Waals surface area contributed by atoms with Crippen molar-refractivity contribution >= 4 is 6.09 Å². The van der Waals surface area contributed by atoms with Gasteiger partial charge in [-0.3, -0.25) is 0 Å². The predicted octanol–water partition coefficient (Wildman–Crippen LogP) is 3.22. The molecule has 0 unspecified atom stereocenters. The second-order valence-corrected chi connectivity index (χ2v) is 8.38. The number of hydrogen-bond donors (Lipinski definition) is 0. The van der Waals surface area contributed by atoms with Gasteiger partial charge in [-0.15, -0.1) is 10.2 Å². The Morgan fingerprint density at radius 3 is 2.58 bits per heavy atom.